The number of carbonyl (C=O) groups excluding carboxylic acids is 1. The molecular weight excluding hydrogens is 384 g/mol. The highest BCUT2D eigenvalue weighted by atomic mass is 35.5. The lowest BCUT2D eigenvalue weighted by atomic mass is 9.97. The third kappa shape index (κ3) is 4.23. The topological polar surface area (TPSA) is 50.7 Å². The molecule has 4 nitrogen and oxygen atoms in total. The highest BCUT2D eigenvalue weighted by molar-refractivity contribution is 6.30. The summed E-state index contributed by atoms with van der Waals surface area (Å²) in [5, 5.41) is 9.14. The number of hydrogen-bond acceptors (Lipinski definition) is 3. The van der Waals surface area contributed by atoms with Crippen molar-refractivity contribution in [1.82, 2.24) is 5.43 Å². The number of nitrogens with one attached hydrogen (secondary N) is 1. The summed E-state index contributed by atoms with van der Waals surface area (Å²) < 4.78 is 5.63. The van der Waals surface area contributed by atoms with Gasteiger partial charge in [0.05, 0.1) is 6.21 Å². The molecule has 29 heavy (non-hydrogen) atoms. The van der Waals surface area contributed by atoms with Crippen LogP contribution in [0.2, 0.25) is 5.02 Å². The van der Waals surface area contributed by atoms with Crippen LogP contribution in [0.1, 0.15) is 12.5 Å². The molecule has 0 aromatic heterocycles. The molecule has 1 N–H and O–H groups in total. The highest BCUT2D eigenvalue weighted by Gasteiger charge is 2.14. The van der Waals surface area contributed by atoms with Gasteiger partial charge in [0.2, 0.25) is 0 Å². The molecule has 0 saturated heterocycles. The van der Waals surface area contributed by atoms with E-state index in [0.29, 0.717) is 10.8 Å². The Kier molecular flexibility index (Phi) is 5.45. The van der Waals surface area contributed by atoms with E-state index in [9.17, 15) is 4.79 Å². The highest BCUT2D eigenvalue weighted by Crippen LogP contribution is 2.27. The molecule has 0 unspecified atom stereocenters. The van der Waals surface area contributed by atoms with Crippen molar-refractivity contribution in [1.29, 1.82) is 0 Å². The Hall–Kier alpha value is -3.37. The zero-order valence-corrected chi connectivity index (χ0v) is 16.6. The maximum Gasteiger partial charge on any atom is 0.280 e. The zero-order valence-electron chi connectivity index (χ0n) is 15.8. The van der Waals surface area contributed by atoms with Crippen LogP contribution in [-0.4, -0.2) is 18.2 Å². The van der Waals surface area contributed by atoms with Crippen molar-refractivity contribution in [3.8, 4) is 5.75 Å². The summed E-state index contributed by atoms with van der Waals surface area (Å²) in [6.45, 7) is 1.67. The maximum absolute atomic E-state index is 12.4. The van der Waals surface area contributed by atoms with Crippen LogP contribution in [0.15, 0.2) is 84.0 Å². The molecule has 0 aliphatic carbocycles. The quantitative estimate of drug-likeness (QED) is 0.270. The van der Waals surface area contributed by atoms with Crippen molar-refractivity contribution in [3.63, 3.8) is 0 Å². The van der Waals surface area contributed by atoms with Gasteiger partial charge in [-0.3, -0.25) is 4.79 Å². The summed E-state index contributed by atoms with van der Waals surface area (Å²) in [4.78, 5) is 12.4. The van der Waals surface area contributed by atoms with Crippen LogP contribution in [-0.2, 0) is 4.79 Å². The number of nitrogens with zero attached hydrogens (tertiary/aromatic N) is 1. The van der Waals surface area contributed by atoms with Crippen molar-refractivity contribution in [3.05, 3.63) is 89.4 Å². The molecule has 0 saturated carbocycles. The third-order valence-electron chi connectivity index (χ3n) is 4.66. The first-order valence-electron chi connectivity index (χ1n) is 9.27. The van der Waals surface area contributed by atoms with Gasteiger partial charge in [-0.1, -0.05) is 66.2 Å². The number of hydrazone groups is 1. The zero-order chi connectivity index (χ0) is 20.2. The van der Waals surface area contributed by atoms with E-state index in [2.05, 4.69) is 40.9 Å². The molecule has 0 fully saturated rings. The maximum atomic E-state index is 12.4. The van der Waals surface area contributed by atoms with Gasteiger partial charge in [0, 0.05) is 10.6 Å². The first-order chi connectivity index (χ1) is 14.1. The average Bonchev–Trinajstić information content (AvgIpc) is 2.73. The van der Waals surface area contributed by atoms with E-state index >= 15 is 0 Å². The molecule has 4 aromatic rings. The largest absolute Gasteiger partial charge is 0.481 e. The first kappa shape index (κ1) is 19.0. The molecule has 0 aliphatic heterocycles. The van der Waals surface area contributed by atoms with Crippen LogP contribution in [0.5, 0.6) is 5.75 Å². The van der Waals surface area contributed by atoms with Crippen molar-refractivity contribution in [2.45, 2.75) is 13.0 Å². The number of benzene rings is 4. The van der Waals surface area contributed by atoms with E-state index < -0.39 is 6.10 Å². The molecule has 0 bridgehead atoms. The smallest absolute Gasteiger partial charge is 0.280 e. The van der Waals surface area contributed by atoms with E-state index in [-0.39, 0.29) is 5.91 Å². The van der Waals surface area contributed by atoms with Gasteiger partial charge in [-0.25, -0.2) is 5.43 Å². The monoisotopic (exact) mass is 402 g/mol. The predicted molar refractivity (Wildman–Crippen MR) is 119 cm³/mol. The Morgan fingerprint density at radius 2 is 1.62 bits per heavy atom. The van der Waals surface area contributed by atoms with Crippen LogP contribution in [0, 0.1) is 0 Å². The Balaban J connectivity index is 1.55. The minimum absolute atomic E-state index is 0.342. The summed E-state index contributed by atoms with van der Waals surface area (Å²) in [6.07, 6.45) is 0.976. The van der Waals surface area contributed by atoms with Crippen molar-refractivity contribution in [2.75, 3.05) is 0 Å². The van der Waals surface area contributed by atoms with Crippen molar-refractivity contribution in [2.24, 2.45) is 5.10 Å². The van der Waals surface area contributed by atoms with Crippen LogP contribution in [0.4, 0.5) is 0 Å². The fourth-order valence-corrected chi connectivity index (χ4v) is 3.42. The van der Waals surface area contributed by atoms with Crippen LogP contribution >= 0.6 is 11.6 Å². The van der Waals surface area contributed by atoms with Gasteiger partial charge in [-0.05, 0) is 52.7 Å². The molecule has 0 aliphatic rings. The normalized spacial score (nSPS) is 12.3. The molecule has 1 atom stereocenters. The molecule has 144 valence electrons. The van der Waals surface area contributed by atoms with Gasteiger partial charge >= 0.3 is 0 Å². The first-order valence-corrected chi connectivity index (χ1v) is 9.65. The Morgan fingerprint density at radius 3 is 2.28 bits per heavy atom. The SMILES string of the molecule is C[C@H](Oc1cccc(Cl)c1)C(=O)N/N=C\c1c2ccccc2cc2ccccc12. The number of halogens is 1. The second kappa shape index (κ2) is 8.33. The average molecular weight is 403 g/mol. The minimum Gasteiger partial charge on any atom is -0.481 e. The molecule has 0 heterocycles. The Bertz CT molecular complexity index is 1170. The van der Waals surface area contributed by atoms with Crippen LogP contribution in [0.25, 0.3) is 21.5 Å². The fraction of sp³-hybridized carbons (Fsp3) is 0.0833. The summed E-state index contributed by atoms with van der Waals surface area (Å²) in [5.74, 6) is 0.190. The Labute approximate surface area is 173 Å². The lowest BCUT2D eigenvalue weighted by Gasteiger charge is -2.13. The lowest BCUT2D eigenvalue weighted by Crippen LogP contribution is -2.33. The van der Waals surface area contributed by atoms with Gasteiger partial charge in [-0.2, -0.15) is 5.10 Å². The van der Waals surface area contributed by atoms with Crippen molar-refractivity contribution < 1.29 is 9.53 Å². The standard InChI is InChI=1S/C24H19ClN2O2/c1-16(29-20-10-6-9-19(25)14-20)24(28)27-26-15-23-21-11-4-2-7-17(21)13-18-8-3-5-12-22(18)23/h2-16H,1H3,(H,27,28)/b26-15-/t16-/m0/s1. The molecule has 0 spiro atoms. The lowest BCUT2D eigenvalue weighted by molar-refractivity contribution is -0.127. The van der Waals surface area contributed by atoms with Crippen molar-refractivity contribution >= 4 is 45.3 Å². The van der Waals surface area contributed by atoms with E-state index in [1.165, 1.54) is 0 Å². The van der Waals surface area contributed by atoms with E-state index in [1.807, 2.05) is 24.3 Å². The van der Waals surface area contributed by atoms with Gasteiger partial charge in [0.25, 0.3) is 5.91 Å². The van der Waals surface area contributed by atoms with E-state index in [4.69, 9.17) is 16.3 Å². The number of carbonyl (C=O) groups is 1. The number of rotatable bonds is 5. The van der Waals surface area contributed by atoms with E-state index in [1.54, 1.807) is 37.4 Å². The Morgan fingerprint density at radius 1 is 0.966 bits per heavy atom. The number of ether oxygens (including phenoxy) is 1. The molecule has 1 amide bonds. The molecule has 0 radical (unpaired) electrons. The summed E-state index contributed by atoms with van der Waals surface area (Å²) in [7, 11) is 0. The predicted octanol–water partition coefficient (Wildman–Crippen LogP) is 5.56. The summed E-state index contributed by atoms with van der Waals surface area (Å²) >= 11 is 5.95. The third-order valence-corrected chi connectivity index (χ3v) is 4.89. The number of fused-ring (bicyclic) bond motifs is 2. The second-order valence-electron chi connectivity index (χ2n) is 6.68. The van der Waals surface area contributed by atoms with Gasteiger partial charge in [0.15, 0.2) is 6.10 Å². The molecule has 4 rings (SSSR count). The minimum atomic E-state index is -0.713. The summed E-state index contributed by atoms with van der Waals surface area (Å²) in [6, 6.07) is 25.3. The van der Waals surface area contributed by atoms with Crippen LogP contribution in [0.3, 0.4) is 0 Å². The number of hydrogen-bond donors (Lipinski definition) is 1. The van der Waals surface area contributed by atoms with E-state index in [0.717, 1.165) is 27.1 Å². The second-order valence-corrected chi connectivity index (χ2v) is 7.12. The number of amides is 1. The molecule has 5 heteroatoms. The van der Waals surface area contributed by atoms with Gasteiger partial charge in [-0.15, -0.1) is 0 Å². The molecular formula is C24H19ClN2O2. The van der Waals surface area contributed by atoms with Crippen LogP contribution < -0.4 is 10.2 Å². The molecule has 4 aromatic carbocycles. The van der Waals surface area contributed by atoms with Gasteiger partial charge in [0.1, 0.15) is 5.75 Å². The fourth-order valence-electron chi connectivity index (χ4n) is 3.24. The van der Waals surface area contributed by atoms with Gasteiger partial charge < -0.3 is 4.74 Å². The summed E-state index contributed by atoms with van der Waals surface area (Å²) in [5.41, 5.74) is 3.53.